The first-order valence-corrected chi connectivity index (χ1v) is 6.56. The normalized spacial score (nSPS) is 12.4. The van der Waals surface area contributed by atoms with Crippen LogP contribution in [-0.2, 0) is 0 Å². The minimum Gasteiger partial charge on any atom is -0.491 e. The Balaban J connectivity index is 2.38. The number of hydrogen-bond acceptors (Lipinski definition) is 3. The van der Waals surface area contributed by atoms with Crippen LogP contribution in [0.2, 0.25) is 0 Å². The molecule has 0 fully saturated rings. The number of ether oxygens (including phenoxy) is 1. The molecular weight excluding hydrogens is 236 g/mol. The molecule has 0 saturated heterocycles. The third-order valence-electron chi connectivity index (χ3n) is 2.86. The van der Waals surface area contributed by atoms with Gasteiger partial charge in [0.05, 0.1) is 17.8 Å². The smallest absolute Gasteiger partial charge is 0.124 e. The first-order chi connectivity index (χ1) is 9.22. The number of aromatic nitrogens is 1. The van der Waals surface area contributed by atoms with Gasteiger partial charge in [-0.15, -0.1) is 0 Å². The van der Waals surface area contributed by atoms with E-state index in [0.29, 0.717) is 0 Å². The fourth-order valence-corrected chi connectivity index (χ4v) is 2.09. The molecule has 1 N–H and O–H groups in total. The molecule has 3 nitrogen and oxygen atoms in total. The summed E-state index contributed by atoms with van der Waals surface area (Å²) in [4.78, 5) is 4.43. The topological polar surface area (TPSA) is 34.2 Å². The van der Waals surface area contributed by atoms with Gasteiger partial charge in [0.1, 0.15) is 5.75 Å². The fourth-order valence-electron chi connectivity index (χ4n) is 2.09. The van der Waals surface area contributed by atoms with Gasteiger partial charge in [-0.25, -0.2) is 0 Å². The quantitative estimate of drug-likeness (QED) is 0.892. The molecule has 0 spiro atoms. The second-order valence-corrected chi connectivity index (χ2v) is 4.68. The van der Waals surface area contributed by atoms with Crippen LogP contribution in [0.5, 0.6) is 5.75 Å². The van der Waals surface area contributed by atoms with Crippen LogP contribution >= 0.6 is 0 Å². The van der Waals surface area contributed by atoms with Crippen LogP contribution in [0.1, 0.15) is 31.1 Å². The lowest BCUT2D eigenvalue weighted by molar-refractivity contribution is 0.238. The Hall–Kier alpha value is -1.87. The van der Waals surface area contributed by atoms with Crippen molar-refractivity contribution in [2.75, 3.05) is 7.05 Å². The standard InChI is InChI=1S/C16H20N2O/c1-12(2)19-15-10-5-4-8-13(15)16(17-3)14-9-6-7-11-18-14/h4-12,16-17H,1-3H3. The van der Waals surface area contributed by atoms with Crippen LogP contribution in [0.3, 0.4) is 0 Å². The molecule has 2 aromatic rings. The third-order valence-corrected chi connectivity index (χ3v) is 2.86. The van der Waals surface area contributed by atoms with Crippen LogP contribution < -0.4 is 10.1 Å². The van der Waals surface area contributed by atoms with Crippen molar-refractivity contribution in [2.24, 2.45) is 0 Å². The Morgan fingerprint density at radius 2 is 1.79 bits per heavy atom. The fraction of sp³-hybridized carbons (Fsp3) is 0.312. The zero-order valence-electron chi connectivity index (χ0n) is 11.6. The largest absolute Gasteiger partial charge is 0.491 e. The maximum atomic E-state index is 5.88. The van der Waals surface area contributed by atoms with Crippen molar-refractivity contribution in [1.82, 2.24) is 10.3 Å². The van der Waals surface area contributed by atoms with Gasteiger partial charge in [0.2, 0.25) is 0 Å². The van der Waals surface area contributed by atoms with Gasteiger partial charge in [0, 0.05) is 11.8 Å². The Bertz CT molecular complexity index is 511. The maximum Gasteiger partial charge on any atom is 0.124 e. The van der Waals surface area contributed by atoms with Crippen LogP contribution in [0.4, 0.5) is 0 Å². The number of rotatable bonds is 5. The van der Waals surface area contributed by atoms with E-state index in [0.717, 1.165) is 17.0 Å². The lowest BCUT2D eigenvalue weighted by atomic mass is 10.0. The summed E-state index contributed by atoms with van der Waals surface area (Å²) in [5.41, 5.74) is 2.10. The summed E-state index contributed by atoms with van der Waals surface area (Å²) in [5, 5.41) is 3.31. The summed E-state index contributed by atoms with van der Waals surface area (Å²) >= 11 is 0. The first kappa shape index (κ1) is 13.6. The molecule has 0 aliphatic heterocycles. The van der Waals surface area contributed by atoms with Crippen molar-refractivity contribution < 1.29 is 4.74 Å². The zero-order chi connectivity index (χ0) is 13.7. The van der Waals surface area contributed by atoms with Gasteiger partial charge in [0.25, 0.3) is 0 Å². The van der Waals surface area contributed by atoms with Gasteiger partial charge >= 0.3 is 0 Å². The van der Waals surface area contributed by atoms with E-state index >= 15 is 0 Å². The molecule has 19 heavy (non-hydrogen) atoms. The number of hydrogen-bond donors (Lipinski definition) is 1. The Labute approximate surface area is 114 Å². The minimum atomic E-state index is 0.0381. The van der Waals surface area contributed by atoms with E-state index in [1.165, 1.54) is 0 Å². The van der Waals surface area contributed by atoms with E-state index in [1.54, 1.807) is 0 Å². The summed E-state index contributed by atoms with van der Waals surface area (Å²) in [6, 6.07) is 14.1. The van der Waals surface area contributed by atoms with Crippen LogP contribution in [0.15, 0.2) is 48.7 Å². The Morgan fingerprint density at radius 3 is 2.42 bits per heavy atom. The molecule has 1 atom stereocenters. The average molecular weight is 256 g/mol. The van der Waals surface area contributed by atoms with Gasteiger partial charge in [-0.3, -0.25) is 4.98 Å². The number of benzene rings is 1. The van der Waals surface area contributed by atoms with Crippen molar-refractivity contribution in [3.05, 3.63) is 59.9 Å². The lowest BCUT2D eigenvalue weighted by Gasteiger charge is -2.21. The average Bonchev–Trinajstić information content (AvgIpc) is 2.42. The van der Waals surface area contributed by atoms with E-state index in [9.17, 15) is 0 Å². The second-order valence-electron chi connectivity index (χ2n) is 4.68. The highest BCUT2D eigenvalue weighted by atomic mass is 16.5. The Kier molecular flexibility index (Phi) is 4.53. The molecule has 1 unspecified atom stereocenters. The van der Waals surface area contributed by atoms with Gasteiger partial charge in [0.15, 0.2) is 0 Å². The molecular formula is C16H20N2O. The van der Waals surface area contributed by atoms with Crippen LogP contribution in [-0.4, -0.2) is 18.1 Å². The molecule has 0 aliphatic carbocycles. The predicted molar refractivity (Wildman–Crippen MR) is 77.3 cm³/mol. The van der Waals surface area contributed by atoms with Crippen molar-refractivity contribution in [3.63, 3.8) is 0 Å². The molecule has 0 saturated carbocycles. The van der Waals surface area contributed by atoms with E-state index in [-0.39, 0.29) is 12.1 Å². The molecule has 0 bridgehead atoms. The third kappa shape index (κ3) is 3.32. The van der Waals surface area contributed by atoms with E-state index in [2.05, 4.69) is 16.4 Å². The van der Waals surface area contributed by atoms with Crippen LogP contribution in [0.25, 0.3) is 0 Å². The number of nitrogens with one attached hydrogen (secondary N) is 1. The lowest BCUT2D eigenvalue weighted by Crippen LogP contribution is -2.20. The van der Waals surface area contributed by atoms with Gasteiger partial charge in [-0.2, -0.15) is 0 Å². The SMILES string of the molecule is CNC(c1ccccn1)c1ccccc1OC(C)C. The molecule has 100 valence electrons. The number of pyridine rings is 1. The first-order valence-electron chi connectivity index (χ1n) is 6.56. The minimum absolute atomic E-state index is 0.0381. The molecule has 1 aromatic heterocycles. The van der Waals surface area contributed by atoms with E-state index in [1.807, 2.05) is 63.5 Å². The number of para-hydroxylation sites is 1. The highest BCUT2D eigenvalue weighted by molar-refractivity contribution is 5.40. The van der Waals surface area contributed by atoms with Crippen LogP contribution in [0, 0.1) is 0 Å². The van der Waals surface area contributed by atoms with E-state index in [4.69, 9.17) is 4.74 Å². The summed E-state index contributed by atoms with van der Waals surface area (Å²) in [7, 11) is 1.94. The summed E-state index contributed by atoms with van der Waals surface area (Å²) < 4.78 is 5.88. The maximum absolute atomic E-state index is 5.88. The van der Waals surface area contributed by atoms with Crippen molar-refractivity contribution in [3.8, 4) is 5.75 Å². The van der Waals surface area contributed by atoms with Crippen molar-refractivity contribution >= 4 is 0 Å². The Morgan fingerprint density at radius 1 is 1.05 bits per heavy atom. The predicted octanol–water partition coefficient (Wildman–Crippen LogP) is 3.18. The summed E-state index contributed by atoms with van der Waals surface area (Å²) in [6.07, 6.45) is 1.97. The monoisotopic (exact) mass is 256 g/mol. The van der Waals surface area contributed by atoms with Crippen molar-refractivity contribution in [1.29, 1.82) is 0 Å². The van der Waals surface area contributed by atoms with Gasteiger partial charge in [-0.05, 0) is 39.1 Å². The van der Waals surface area contributed by atoms with Crippen molar-refractivity contribution in [2.45, 2.75) is 26.0 Å². The zero-order valence-corrected chi connectivity index (χ0v) is 11.6. The number of nitrogens with zero attached hydrogens (tertiary/aromatic N) is 1. The molecule has 1 aromatic carbocycles. The second kappa shape index (κ2) is 6.34. The molecule has 0 radical (unpaired) electrons. The molecule has 3 heteroatoms. The molecule has 0 aliphatic rings. The van der Waals surface area contributed by atoms with Gasteiger partial charge in [-0.1, -0.05) is 24.3 Å². The van der Waals surface area contributed by atoms with Gasteiger partial charge < -0.3 is 10.1 Å². The molecule has 2 rings (SSSR count). The molecule has 0 amide bonds. The highest BCUT2D eigenvalue weighted by Crippen LogP contribution is 2.29. The summed E-state index contributed by atoms with van der Waals surface area (Å²) in [6.45, 7) is 4.07. The highest BCUT2D eigenvalue weighted by Gasteiger charge is 2.17. The van der Waals surface area contributed by atoms with E-state index < -0.39 is 0 Å². The summed E-state index contributed by atoms with van der Waals surface area (Å²) in [5.74, 6) is 0.905. The molecule has 1 heterocycles.